The van der Waals surface area contributed by atoms with Crippen LogP contribution >= 0.6 is 7.82 Å². The molecule has 0 saturated carbocycles. The van der Waals surface area contributed by atoms with Crippen molar-refractivity contribution in [1.82, 2.24) is 5.32 Å². The van der Waals surface area contributed by atoms with Crippen molar-refractivity contribution < 1.29 is 91.2 Å². The summed E-state index contributed by atoms with van der Waals surface area (Å²) in [6.45, 7) is 1.34. The van der Waals surface area contributed by atoms with E-state index in [0.717, 1.165) is 12.8 Å². The summed E-state index contributed by atoms with van der Waals surface area (Å²) in [7, 11) is -8.77. The molecule has 0 unspecified atom stereocenters. The van der Waals surface area contributed by atoms with Gasteiger partial charge in [-0.3, -0.25) is 4.79 Å². The van der Waals surface area contributed by atoms with Crippen molar-refractivity contribution in [1.29, 1.82) is 0 Å². The number of carbonyl (C=O) groups is 1. The number of phosphoric acid groups is 1. The molecule has 1 atom stereocenters. The first-order valence-corrected chi connectivity index (χ1v) is 11.1. The molecular weight excluding hydrogens is 415 g/mol. The molecule has 0 fully saturated rings. The van der Waals surface area contributed by atoms with Gasteiger partial charge in [0.05, 0.1) is 26.2 Å². The molecule has 0 aromatic heterocycles. The van der Waals surface area contributed by atoms with Crippen molar-refractivity contribution in [3.63, 3.8) is 0 Å². The van der Waals surface area contributed by atoms with Crippen molar-refractivity contribution in [3.05, 3.63) is 35.9 Å². The van der Waals surface area contributed by atoms with Crippen molar-refractivity contribution in [2.45, 2.75) is 32.2 Å². The third-order valence-electron chi connectivity index (χ3n) is 3.35. The van der Waals surface area contributed by atoms with Gasteiger partial charge < -0.3 is 24.2 Å². The molecule has 1 rings (SSSR count). The number of phosphoric ester groups is 1. The second kappa shape index (κ2) is 14.7. The molecule has 0 bridgehead atoms. The van der Waals surface area contributed by atoms with Crippen LogP contribution in [0.15, 0.2) is 30.3 Å². The Morgan fingerprint density at radius 1 is 1.19 bits per heavy atom. The molecule has 0 spiro atoms. The van der Waals surface area contributed by atoms with E-state index in [1.165, 1.54) is 0 Å². The van der Waals surface area contributed by atoms with Crippen molar-refractivity contribution >= 4 is 23.6 Å². The predicted molar refractivity (Wildman–Crippen MR) is 89.1 cm³/mol. The van der Waals surface area contributed by atoms with Crippen LogP contribution in [-0.2, 0) is 23.7 Å². The van der Waals surface area contributed by atoms with Gasteiger partial charge in [0, 0.05) is 0 Å². The summed E-state index contributed by atoms with van der Waals surface area (Å²) in [5.74, 6) is -1.57. The standard InChI is InChI=1S/C15H24NO7PS.2Na/c1-2-3-7-10-25(21,22)12-15(17)16-14(11-23-24(18,19)20)13-8-5-4-6-9-13;;/h4-6,8-9,14H,2-3,7,10-12H2,1H3,(H,16,17)(H2,18,19,20);;/q;2*+1/p-2/t14-;;/m0../s1. The van der Waals surface area contributed by atoms with Gasteiger partial charge in [0.1, 0.15) is 5.75 Å². The largest absolute Gasteiger partial charge is 1.00 e. The van der Waals surface area contributed by atoms with Crippen molar-refractivity contribution in [3.8, 4) is 0 Å². The van der Waals surface area contributed by atoms with E-state index in [1.54, 1.807) is 30.3 Å². The molecule has 27 heavy (non-hydrogen) atoms. The van der Waals surface area contributed by atoms with Gasteiger partial charge in [-0.25, -0.2) is 8.42 Å². The number of nitrogens with one attached hydrogen (secondary N) is 1. The Kier molecular flexibility index (Phi) is 16.3. The predicted octanol–water partition coefficient (Wildman–Crippen LogP) is -5.70. The first kappa shape index (κ1) is 29.9. The van der Waals surface area contributed by atoms with E-state index >= 15 is 0 Å². The van der Waals surface area contributed by atoms with Crippen molar-refractivity contribution in [2.24, 2.45) is 0 Å². The summed E-state index contributed by atoms with van der Waals surface area (Å²) in [6.07, 6.45) is 2.09. The Bertz CT molecular complexity index is 697. The van der Waals surface area contributed by atoms with Gasteiger partial charge in [-0.05, 0) is 12.0 Å². The number of hydrogen-bond donors (Lipinski definition) is 1. The monoisotopic (exact) mass is 437 g/mol. The average molecular weight is 437 g/mol. The summed E-state index contributed by atoms with van der Waals surface area (Å²) in [5.41, 5.74) is 0.493. The van der Waals surface area contributed by atoms with Crippen LogP contribution in [0, 0.1) is 0 Å². The van der Waals surface area contributed by atoms with Gasteiger partial charge in [0.25, 0.3) is 0 Å². The topological polar surface area (TPSA) is 136 Å². The fraction of sp³-hybridized carbons (Fsp3) is 0.533. The molecule has 0 saturated heterocycles. The minimum atomic E-state index is -5.21. The zero-order valence-corrected chi connectivity index (χ0v) is 21.6. The Morgan fingerprint density at radius 2 is 1.78 bits per heavy atom. The molecule has 0 heterocycles. The van der Waals surface area contributed by atoms with E-state index in [1.807, 2.05) is 6.92 Å². The number of carbonyl (C=O) groups excluding carboxylic acids is 1. The Hall–Kier alpha value is 0.750. The van der Waals surface area contributed by atoms with Gasteiger partial charge >= 0.3 is 59.1 Å². The molecule has 0 aliphatic heterocycles. The second-order valence-corrected chi connectivity index (χ2v) is 8.91. The second-order valence-electron chi connectivity index (χ2n) is 5.57. The number of benzene rings is 1. The summed E-state index contributed by atoms with van der Waals surface area (Å²) in [6, 6.07) is 7.28. The molecular formula is C15H22NNa2O7PS. The van der Waals surface area contributed by atoms with Gasteiger partial charge in [0.15, 0.2) is 9.84 Å². The Labute approximate surface area is 204 Å². The maximum Gasteiger partial charge on any atom is 1.00 e. The molecule has 1 aromatic rings. The molecule has 142 valence electrons. The summed E-state index contributed by atoms with van der Waals surface area (Å²) < 4.78 is 38.7. The van der Waals surface area contributed by atoms with Gasteiger partial charge in [-0.2, -0.15) is 0 Å². The van der Waals surface area contributed by atoms with Crippen LogP contribution in [0.25, 0.3) is 0 Å². The van der Waals surface area contributed by atoms with Crippen LogP contribution in [0.4, 0.5) is 0 Å². The van der Waals surface area contributed by atoms with Gasteiger partial charge in [-0.1, -0.05) is 50.1 Å². The SMILES string of the molecule is CCCCCS(=O)(=O)CC(=O)N[C@@H](COP(=O)([O-])[O-])c1ccccc1.[Na+].[Na+]. The maximum atomic E-state index is 12.0. The fourth-order valence-electron chi connectivity index (χ4n) is 2.15. The Balaban J connectivity index is 0. The van der Waals surface area contributed by atoms with Crippen LogP contribution < -0.4 is 74.2 Å². The molecule has 8 nitrogen and oxygen atoms in total. The Morgan fingerprint density at radius 3 is 2.30 bits per heavy atom. The molecule has 1 N–H and O–H groups in total. The number of amides is 1. The number of hydrogen-bond acceptors (Lipinski definition) is 7. The maximum absolute atomic E-state index is 12.0. The van der Waals surface area contributed by atoms with E-state index < -0.39 is 42.0 Å². The van der Waals surface area contributed by atoms with Crippen LogP contribution in [0.2, 0.25) is 0 Å². The first-order chi connectivity index (χ1) is 11.6. The van der Waals surface area contributed by atoms with E-state index in [4.69, 9.17) is 0 Å². The van der Waals surface area contributed by atoms with Crippen LogP contribution in [0.1, 0.15) is 37.8 Å². The molecule has 0 aliphatic rings. The smallest absolute Gasteiger partial charge is 0.790 e. The summed E-state index contributed by atoms with van der Waals surface area (Å²) in [5, 5.41) is 2.41. The zero-order chi connectivity index (χ0) is 18.9. The number of rotatable bonds is 11. The van der Waals surface area contributed by atoms with E-state index in [2.05, 4.69) is 9.84 Å². The third kappa shape index (κ3) is 14.4. The minimum absolute atomic E-state index is 0. The summed E-state index contributed by atoms with van der Waals surface area (Å²) >= 11 is 0. The quantitative estimate of drug-likeness (QED) is 0.207. The van der Waals surface area contributed by atoms with Crippen LogP contribution in [0.3, 0.4) is 0 Å². The van der Waals surface area contributed by atoms with E-state index in [-0.39, 0.29) is 64.9 Å². The fourth-order valence-corrected chi connectivity index (χ4v) is 3.76. The average Bonchev–Trinajstić information content (AvgIpc) is 2.51. The third-order valence-corrected chi connectivity index (χ3v) is 5.42. The van der Waals surface area contributed by atoms with E-state index in [9.17, 15) is 27.6 Å². The van der Waals surface area contributed by atoms with Crippen molar-refractivity contribution in [2.75, 3.05) is 18.1 Å². The summed E-state index contributed by atoms with van der Waals surface area (Å²) in [4.78, 5) is 33.4. The zero-order valence-electron chi connectivity index (χ0n) is 15.9. The molecule has 12 heteroatoms. The first-order valence-electron chi connectivity index (χ1n) is 7.84. The number of sulfone groups is 1. The molecule has 1 amide bonds. The normalized spacial score (nSPS) is 12.4. The molecule has 0 aliphatic carbocycles. The van der Waals surface area contributed by atoms with Gasteiger partial charge in [-0.15, -0.1) is 0 Å². The van der Waals surface area contributed by atoms with Crippen LogP contribution in [-0.4, -0.2) is 32.4 Å². The minimum Gasteiger partial charge on any atom is -0.790 e. The van der Waals surface area contributed by atoms with Crippen LogP contribution in [0.5, 0.6) is 0 Å². The molecule has 0 radical (unpaired) electrons. The number of unbranched alkanes of at least 4 members (excludes halogenated alkanes) is 2. The molecule has 1 aromatic carbocycles. The van der Waals surface area contributed by atoms with Gasteiger partial charge in [0.2, 0.25) is 5.91 Å². The van der Waals surface area contributed by atoms with E-state index in [0.29, 0.717) is 12.0 Å².